The van der Waals surface area contributed by atoms with Gasteiger partial charge in [-0.1, -0.05) is 40.3 Å². The third kappa shape index (κ3) is 3.29. The van der Waals surface area contributed by atoms with Crippen LogP contribution in [0, 0.1) is 17.0 Å². The lowest BCUT2D eigenvalue weighted by Gasteiger charge is -2.04. The van der Waals surface area contributed by atoms with Crippen LogP contribution in [0.15, 0.2) is 36.4 Å². The summed E-state index contributed by atoms with van der Waals surface area (Å²) in [5, 5.41) is 18.9. The van der Waals surface area contributed by atoms with E-state index in [1.165, 1.54) is 28.2 Å². The summed E-state index contributed by atoms with van der Waals surface area (Å²) < 4.78 is 2.42. The van der Waals surface area contributed by atoms with Gasteiger partial charge in [-0.15, -0.1) is 0 Å². The summed E-state index contributed by atoms with van der Waals surface area (Å²) in [5.74, 6) is -0.0304. The lowest BCUT2D eigenvalue weighted by Crippen LogP contribution is -2.13. The average molecular weight is 420 g/mol. The number of rotatable bonds is 4. The van der Waals surface area contributed by atoms with E-state index in [9.17, 15) is 14.9 Å². The van der Waals surface area contributed by atoms with Crippen LogP contribution >= 0.6 is 34.3 Å². The van der Waals surface area contributed by atoms with Gasteiger partial charge >= 0.3 is 5.00 Å². The maximum atomic E-state index is 12.5. The predicted octanol–water partition coefficient (Wildman–Crippen LogP) is 4.67. The van der Waals surface area contributed by atoms with E-state index in [4.69, 9.17) is 11.6 Å². The highest BCUT2D eigenvalue weighted by Gasteiger charge is 2.19. The van der Waals surface area contributed by atoms with E-state index in [0.29, 0.717) is 27.2 Å². The number of hydrogen-bond acceptors (Lipinski definition) is 7. The van der Waals surface area contributed by atoms with Crippen molar-refractivity contribution in [2.24, 2.45) is 0 Å². The molecule has 0 aliphatic carbocycles. The molecule has 8 nitrogen and oxygen atoms in total. The van der Waals surface area contributed by atoms with Gasteiger partial charge in [0.2, 0.25) is 5.13 Å². The Balaban J connectivity index is 1.68. The SMILES string of the molecule is Cc1cc(NC(=O)c2ccc([N+](=O)[O-])s2)n(-c2nc3c(Cl)cccc3s2)n1. The molecule has 0 unspecified atom stereocenters. The van der Waals surface area contributed by atoms with Crippen molar-refractivity contribution in [2.75, 3.05) is 5.32 Å². The predicted molar refractivity (Wildman–Crippen MR) is 105 cm³/mol. The third-order valence-corrected chi connectivity index (χ3v) is 5.95. The second-order valence-electron chi connectivity index (χ2n) is 5.51. The number of nitrogens with zero attached hydrogens (tertiary/aromatic N) is 4. The molecule has 0 aliphatic heterocycles. The molecular weight excluding hydrogens is 410 g/mol. The average Bonchev–Trinajstić information content (AvgIpc) is 3.32. The Labute approximate surface area is 165 Å². The van der Waals surface area contributed by atoms with Gasteiger partial charge in [0.25, 0.3) is 5.91 Å². The highest BCUT2D eigenvalue weighted by atomic mass is 35.5. The van der Waals surface area contributed by atoms with Gasteiger partial charge in [0.15, 0.2) is 0 Å². The Morgan fingerprint density at radius 2 is 2.11 bits per heavy atom. The minimum atomic E-state index is -0.527. The fourth-order valence-corrected chi connectivity index (χ4v) is 4.40. The zero-order valence-electron chi connectivity index (χ0n) is 13.7. The highest BCUT2D eigenvalue weighted by molar-refractivity contribution is 7.21. The van der Waals surface area contributed by atoms with Crippen LogP contribution in [-0.4, -0.2) is 25.6 Å². The molecule has 0 radical (unpaired) electrons. The highest BCUT2D eigenvalue weighted by Crippen LogP contribution is 2.31. The molecule has 4 aromatic rings. The number of carbonyl (C=O) groups excluding carboxylic acids is 1. The van der Waals surface area contributed by atoms with E-state index in [2.05, 4.69) is 15.4 Å². The summed E-state index contributed by atoms with van der Waals surface area (Å²) in [6.45, 7) is 1.79. The zero-order chi connectivity index (χ0) is 19.1. The Morgan fingerprint density at radius 3 is 2.81 bits per heavy atom. The maximum Gasteiger partial charge on any atom is 0.324 e. The van der Waals surface area contributed by atoms with E-state index >= 15 is 0 Å². The Morgan fingerprint density at radius 1 is 1.30 bits per heavy atom. The lowest BCUT2D eigenvalue weighted by molar-refractivity contribution is -0.380. The van der Waals surface area contributed by atoms with Crippen LogP contribution in [0.1, 0.15) is 15.4 Å². The number of halogens is 1. The standard InChI is InChI=1S/C16H10ClN5O3S2/c1-8-7-12(18-15(23)11-5-6-13(26-11)22(24)25)21(20-8)16-19-14-9(17)3-2-4-10(14)27-16/h2-7H,1H3,(H,18,23). The first-order valence-electron chi connectivity index (χ1n) is 7.60. The quantitative estimate of drug-likeness (QED) is 0.382. The van der Waals surface area contributed by atoms with E-state index < -0.39 is 10.8 Å². The van der Waals surface area contributed by atoms with E-state index in [-0.39, 0.29) is 9.88 Å². The number of thiazole rings is 1. The number of anilines is 1. The van der Waals surface area contributed by atoms with Crippen molar-refractivity contribution in [3.05, 3.63) is 62.1 Å². The summed E-state index contributed by atoms with van der Waals surface area (Å²) in [7, 11) is 0. The molecule has 1 aromatic carbocycles. The first-order chi connectivity index (χ1) is 12.9. The molecule has 3 heterocycles. The number of amides is 1. The van der Waals surface area contributed by atoms with Gasteiger partial charge in [-0.25, -0.2) is 4.98 Å². The van der Waals surface area contributed by atoms with Gasteiger partial charge < -0.3 is 5.32 Å². The number of fused-ring (bicyclic) bond motifs is 1. The van der Waals surface area contributed by atoms with Crippen LogP contribution in [0.25, 0.3) is 15.3 Å². The van der Waals surface area contributed by atoms with E-state index in [0.717, 1.165) is 16.0 Å². The molecule has 11 heteroatoms. The number of nitro groups is 1. The maximum absolute atomic E-state index is 12.5. The number of nitrogens with one attached hydrogen (secondary N) is 1. The number of carbonyl (C=O) groups is 1. The molecule has 4 rings (SSSR count). The summed E-state index contributed by atoms with van der Waals surface area (Å²) in [4.78, 5) is 27.5. The van der Waals surface area contributed by atoms with Gasteiger partial charge in [0.05, 0.1) is 25.2 Å². The summed E-state index contributed by atoms with van der Waals surface area (Å²) in [5.41, 5.74) is 1.35. The molecule has 0 saturated carbocycles. The summed E-state index contributed by atoms with van der Waals surface area (Å²) >= 11 is 8.39. The minimum Gasteiger partial charge on any atom is -0.306 e. The fourth-order valence-electron chi connectivity index (χ4n) is 2.45. The summed E-state index contributed by atoms with van der Waals surface area (Å²) in [6, 6.07) is 9.93. The smallest absolute Gasteiger partial charge is 0.306 e. The van der Waals surface area contributed by atoms with Crippen molar-refractivity contribution < 1.29 is 9.72 Å². The summed E-state index contributed by atoms with van der Waals surface area (Å²) in [6.07, 6.45) is 0. The molecule has 1 N–H and O–H groups in total. The van der Waals surface area contributed by atoms with Crippen LogP contribution in [0.5, 0.6) is 0 Å². The molecule has 1 amide bonds. The molecule has 0 atom stereocenters. The third-order valence-electron chi connectivity index (χ3n) is 3.61. The van der Waals surface area contributed by atoms with Crippen molar-refractivity contribution in [1.82, 2.24) is 14.8 Å². The lowest BCUT2D eigenvalue weighted by atomic mass is 10.3. The van der Waals surface area contributed by atoms with Crippen molar-refractivity contribution in [1.29, 1.82) is 0 Å². The van der Waals surface area contributed by atoms with Crippen LogP contribution in [-0.2, 0) is 0 Å². The number of hydrogen-bond donors (Lipinski definition) is 1. The molecule has 0 aliphatic rings. The molecule has 0 saturated heterocycles. The molecule has 0 spiro atoms. The Kier molecular flexibility index (Phi) is 4.38. The van der Waals surface area contributed by atoms with Crippen molar-refractivity contribution in [3.8, 4) is 5.13 Å². The van der Waals surface area contributed by atoms with Gasteiger partial charge in [-0.05, 0) is 25.1 Å². The number of aryl methyl sites for hydroxylation is 1. The van der Waals surface area contributed by atoms with Gasteiger partial charge in [0, 0.05) is 12.1 Å². The van der Waals surface area contributed by atoms with Crippen LogP contribution in [0.3, 0.4) is 0 Å². The Hall–Kier alpha value is -2.82. The van der Waals surface area contributed by atoms with Crippen LogP contribution in [0.2, 0.25) is 5.02 Å². The van der Waals surface area contributed by atoms with E-state index in [1.54, 1.807) is 19.1 Å². The normalized spacial score (nSPS) is 11.0. The minimum absolute atomic E-state index is 0.0920. The van der Waals surface area contributed by atoms with Gasteiger partial charge in [-0.2, -0.15) is 9.78 Å². The largest absolute Gasteiger partial charge is 0.324 e. The first-order valence-corrected chi connectivity index (χ1v) is 9.61. The van der Waals surface area contributed by atoms with Gasteiger partial charge in [0.1, 0.15) is 11.3 Å². The second-order valence-corrected chi connectivity index (χ2v) is 7.99. The van der Waals surface area contributed by atoms with Crippen molar-refractivity contribution in [2.45, 2.75) is 6.92 Å². The molecule has 0 fully saturated rings. The van der Waals surface area contributed by atoms with Gasteiger partial charge in [-0.3, -0.25) is 14.9 Å². The van der Waals surface area contributed by atoms with Crippen LogP contribution < -0.4 is 5.32 Å². The first kappa shape index (κ1) is 17.6. The number of thiophene rings is 1. The molecule has 0 bridgehead atoms. The number of para-hydroxylation sites is 1. The molecular formula is C16H10ClN5O3S2. The molecule has 136 valence electrons. The van der Waals surface area contributed by atoms with Crippen LogP contribution in [0.4, 0.5) is 10.8 Å². The van der Waals surface area contributed by atoms with Crippen molar-refractivity contribution >= 4 is 61.2 Å². The zero-order valence-corrected chi connectivity index (χ0v) is 16.1. The molecule has 27 heavy (non-hydrogen) atoms. The molecule has 3 aromatic heterocycles. The number of benzene rings is 1. The fraction of sp³-hybridized carbons (Fsp3) is 0.0625. The monoisotopic (exact) mass is 419 g/mol. The van der Waals surface area contributed by atoms with Crippen molar-refractivity contribution in [3.63, 3.8) is 0 Å². The Bertz CT molecular complexity index is 1200. The van der Waals surface area contributed by atoms with E-state index in [1.807, 2.05) is 12.1 Å². The second kappa shape index (κ2) is 6.72. The topological polar surface area (TPSA) is 103 Å². The number of aromatic nitrogens is 3.